The Balaban J connectivity index is 2.28. The molecule has 0 aliphatic rings. The fourth-order valence-electron chi connectivity index (χ4n) is 2.06. The molecule has 6 heteroatoms. The van der Waals surface area contributed by atoms with Crippen LogP contribution in [-0.2, 0) is 7.05 Å². The first kappa shape index (κ1) is 12.3. The van der Waals surface area contributed by atoms with E-state index >= 15 is 0 Å². The molecular formula is C14H12FN5. The molecule has 3 heterocycles. The van der Waals surface area contributed by atoms with Crippen LogP contribution in [0.25, 0.3) is 22.5 Å². The van der Waals surface area contributed by atoms with Crippen LogP contribution in [0.1, 0.15) is 0 Å². The van der Waals surface area contributed by atoms with Crippen LogP contribution < -0.4 is 5.73 Å². The second-order valence-corrected chi connectivity index (χ2v) is 4.30. The molecule has 0 amide bonds. The Morgan fingerprint density at radius 3 is 2.75 bits per heavy atom. The Labute approximate surface area is 114 Å². The number of anilines is 1. The highest BCUT2D eigenvalue weighted by atomic mass is 19.1. The Kier molecular flexibility index (Phi) is 2.90. The molecule has 100 valence electrons. The molecule has 0 aliphatic carbocycles. The fraction of sp³-hybridized carbons (Fsp3) is 0.0714. The second-order valence-electron chi connectivity index (χ2n) is 4.30. The van der Waals surface area contributed by atoms with Gasteiger partial charge in [-0.15, -0.1) is 0 Å². The van der Waals surface area contributed by atoms with Crippen LogP contribution in [0.3, 0.4) is 0 Å². The predicted octanol–water partition coefficient (Wildman–Crippen LogP) is 2.27. The van der Waals surface area contributed by atoms with Crippen molar-refractivity contribution in [2.45, 2.75) is 0 Å². The summed E-state index contributed by atoms with van der Waals surface area (Å²) in [7, 11) is 1.71. The van der Waals surface area contributed by atoms with Gasteiger partial charge < -0.3 is 5.73 Å². The molecule has 0 bridgehead atoms. The number of nitrogens with zero attached hydrogens (tertiary/aromatic N) is 4. The second kappa shape index (κ2) is 4.73. The van der Waals surface area contributed by atoms with Gasteiger partial charge in [-0.05, 0) is 18.2 Å². The zero-order valence-corrected chi connectivity index (χ0v) is 10.8. The maximum Gasteiger partial charge on any atom is 0.150 e. The summed E-state index contributed by atoms with van der Waals surface area (Å²) in [5, 5.41) is 4.30. The molecule has 3 aromatic rings. The minimum Gasteiger partial charge on any atom is -0.383 e. The number of hydrogen-bond donors (Lipinski definition) is 1. The molecule has 20 heavy (non-hydrogen) atoms. The summed E-state index contributed by atoms with van der Waals surface area (Å²) in [6.07, 6.45) is 4.34. The molecular weight excluding hydrogens is 257 g/mol. The fourth-order valence-corrected chi connectivity index (χ4v) is 2.06. The smallest absolute Gasteiger partial charge is 0.150 e. The van der Waals surface area contributed by atoms with E-state index in [9.17, 15) is 4.39 Å². The van der Waals surface area contributed by atoms with Crippen LogP contribution >= 0.6 is 0 Å². The van der Waals surface area contributed by atoms with Gasteiger partial charge in [0, 0.05) is 25.0 Å². The SMILES string of the molecule is Cn1nc(-c2ccncc2F)c(-c2ccccn2)c1N. The van der Waals surface area contributed by atoms with Crippen LogP contribution in [0, 0.1) is 5.82 Å². The van der Waals surface area contributed by atoms with Gasteiger partial charge in [0.15, 0.2) is 5.82 Å². The van der Waals surface area contributed by atoms with E-state index in [1.165, 1.54) is 10.9 Å². The monoisotopic (exact) mass is 269 g/mol. The van der Waals surface area contributed by atoms with Crippen LogP contribution in [-0.4, -0.2) is 19.7 Å². The van der Waals surface area contributed by atoms with Crippen molar-refractivity contribution in [1.82, 2.24) is 19.7 Å². The molecule has 0 fully saturated rings. The van der Waals surface area contributed by atoms with E-state index in [1.807, 2.05) is 18.2 Å². The summed E-state index contributed by atoms with van der Waals surface area (Å²) in [6, 6.07) is 7.05. The van der Waals surface area contributed by atoms with E-state index in [0.29, 0.717) is 28.3 Å². The van der Waals surface area contributed by atoms with Crippen LogP contribution in [0.15, 0.2) is 42.9 Å². The van der Waals surface area contributed by atoms with Crippen LogP contribution in [0.2, 0.25) is 0 Å². The maximum atomic E-state index is 13.9. The Bertz CT molecular complexity index is 752. The van der Waals surface area contributed by atoms with E-state index in [1.54, 1.807) is 19.3 Å². The largest absolute Gasteiger partial charge is 0.383 e. The lowest BCUT2D eigenvalue weighted by atomic mass is 10.1. The van der Waals surface area contributed by atoms with Crippen molar-refractivity contribution in [3.05, 3.63) is 48.7 Å². The quantitative estimate of drug-likeness (QED) is 0.774. The van der Waals surface area contributed by atoms with Gasteiger partial charge in [0.1, 0.15) is 11.5 Å². The molecule has 2 N–H and O–H groups in total. The molecule has 0 radical (unpaired) electrons. The third kappa shape index (κ3) is 1.91. The first-order valence-corrected chi connectivity index (χ1v) is 6.02. The Hall–Kier alpha value is -2.76. The van der Waals surface area contributed by atoms with Crippen molar-refractivity contribution in [3.8, 4) is 22.5 Å². The molecule has 3 rings (SSSR count). The highest BCUT2D eigenvalue weighted by Crippen LogP contribution is 2.35. The summed E-state index contributed by atoms with van der Waals surface area (Å²) in [5.74, 6) is -0.00214. The lowest BCUT2D eigenvalue weighted by Crippen LogP contribution is -1.98. The number of nitrogen functional groups attached to an aromatic ring is 1. The van der Waals surface area contributed by atoms with E-state index in [0.717, 1.165) is 6.20 Å². The zero-order chi connectivity index (χ0) is 14.1. The van der Waals surface area contributed by atoms with E-state index in [2.05, 4.69) is 15.1 Å². The summed E-state index contributed by atoms with van der Waals surface area (Å²) in [6.45, 7) is 0. The molecule has 0 atom stereocenters. The molecule has 0 spiro atoms. The van der Waals surface area contributed by atoms with E-state index in [-0.39, 0.29) is 0 Å². The van der Waals surface area contributed by atoms with Crippen molar-refractivity contribution in [2.75, 3.05) is 5.73 Å². The molecule has 0 saturated carbocycles. The normalized spacial score (nSPS) is 10.7. The molecule has 0 aromatic carbocycles. The van der Waals surface area contributed by atoms with Crippen molar-refractivity contribution in [3.63, 3.8) is 0 Å². The first-order chi connectivity index (χ1) is 9.68. The van der Waals surface area contributed by atoms with Gasteiger partial charge in [0.05, 0.1) is 17.5 Å². The Morgan fingerprint density at radius 1 is 1.20 bits per heavy atom. The molecule has 0 aliphatic heterocycles. The van der Waals surface area contributed by atoms with Gasteiger partial charge in [0.2, 0.25) is 0 Å². The van der Waals surface area contributed by atoms with Crippen LogP contribution in [0.4, 0.5) is 10.2 Å². The number of nitrogens with two attached hydrogens (primary N) is 1. The molecule has 3 aromatic heterocycles. The summed E-state index contributed by atoms with van der Waals surface area (Å²) in [4.78, 5) is 8.01. The summed E-state index contributed by atoms with van der Waals surface area (Å²) < 4.78 is 15.5. The molecule has 0 saturated heterocycles. The minimum atomic E-state index is -0.442. The number of aromatic nitrogens is 4. The number of pyridine rings is 2. The average molecular weight is 269 g/mol. The summed E-state index contributed by atoms with van der Waals surface area (Å²) in [5.41, 5.74) is 8.14. The van der Waals surface area contributed by atoms with Crippen molar-refractivity contribution in [1.29, 1.82) is 0 Å². The van der Waals surface area contributed by atoms with E-state index < -0.39 is 5.82 Å². The third-order valence-corrected chi connectivity index (χ3v) is 3.04. The highest BCUT2D eigenvalue weighted by molar-refractivity contribution is 5.86. The van der Waals surface area contributed by atoms with Gasteiger partial charge in [-0.25, -0.2) is 4.39 Å². The topological polar surface area (TPSA) is 69.6 Å². The lowest BCUT2D eigenvalue weighted by molar-refractivity contribution is 0.623. The number of rotatable bonds is 2. The lowest BCUT2D eigenvalue weighted by Gasteiger charge is -2.04. The molecule has 0 unspecified atom stereocenters. The molecule has 5 nitrogen and oxygen atoms in total. The standard InChI is InChI=1S/C14H12FN5/c1-20-14(16)12(11-4-2-3-6-18-11)13(19-20)9-5-7-17-8-10(9)15/h2-8H,16H2,1H3. The minimum absolute atomic E-state index is 0.355. The van der Waals surface area contributed by atoms with E-state index in [4.69, 9.17) is 5.73 Å². The third-order valence-electron chi connectivity index (χ3n) is 3.04. The first-order valence-electron chi connectivity index (χ1n) is 6.02. The van der Waals surface area contributed by atoms with Gasteiger partial charge in [-0.2, -0.15) is 5.10 Å². The summed E-state index contributed by atoms with van der Waals surface area (Å²) >= 11 is 0. The number of halogens is 1. The van der Waals surface area contributed by atoms with Crippen molar-refractivity contribution < 1.29 is 4.39 Å². The average Bonchev–Trinajstić information content (AvgIpc) is 2.76. The van der Waals surface area contributed by atoms with Gasteiger partial charge in [-0.3, -0.25) is 14.6 Å². The maximum absolute atomic E-state index is 13.9. The van der Waals surface area contributed by atoms with Crippen molar-refractivity contribution in [2.24, 2.45) is 7.05 Å². The van der Waals surface area contributed by atoms with Gasteiger partial charge in [0.25, 0.3) is 0 Å². The Morgan fingerprint density at radius 2 is 2.05 bits per heavy atom. The predicted molar refractivity (Wildman–Crippen MR) is 74.0 cm³/mol. The zero-order valence-electron chi connectivity index (χ0n) is 10.8. The van der Waals surface area contributed by atoms with Gasteiger partial charge >= 0.3 is 0 Å². The van der Waals surface area contributed by atoms with Gasteiger partial charge in [-0.1, -0.05) is 6.07 Å². The number of hydrogen-bond acceptors (Lipinski definition) is 4. The highest BCUT2D eigenvalue weighted by Gasteiger charge is 2.20. The van der Waals surface area contributed by atoms with Crippen molar-refractivity contribution >= 4 is 5.82 Å². The van der Waals surface area contributed by atoms with Crippen LogP contribution in [0.5, 0.6) is 0 Å². The number of aryl methyl sites for hydroxylation is 1.